The summed E-state index contributed by atoms with van der Waals surface area (Å²) in [7, 11) is 1.30. The molecule has 5 nitrogen and oxygen atoms in total. The lowest BCUT2D eigenvalue weighted by Crippen LogP contribution is -2.12. The van der Waals surface area contributed by atoms with E-state index < -0.39 is 17.9 Å². The maximum atomic E-state index is 11.0. The summed E-state index contributed by atoms with van der Waals surface area (Å²) in [5, 5.41) is 10.9. The Labute approximate surface area is 122 Å². The number of hydrogen-bond donors (Lipinski definition) is 1. The van der Waals surface area contributed by atoms with Crippen molar-refractivity contribution >= 4 is 22.7 Å². The van der Waals surface area contributed by atoms with E-state index in [9.17, 15) is 9.59 Å². The van der Waals surface area contributed by atoms with E-state index in [1.807, 2.05) is 18.2 Å². The monoisotopic (exact) mass is 288 g/mol. The van der Waals surface area contributed by atoms with Crippen LogP contribution in [0, 0.1) is 0 Å². The first kappa shape index (κ1) is 14.8. The number of carbonyl (C=O) groups excluding carboxylic acids is 1. The predicted octanol–water partition coefficient (Wildman–Crippen LogP) is 2.58. The molecule has 1 unspecified atom stereocenters. The molecule has 0 aromatic heterocycles. The minimum Gasteiger partial charge on any atom is -0.482 e. The normalized spacial score (nSPS) is 11.9. The van der Waals surface area contributed by atoms with Crippen LogP contribution in [0.1, 0.15) is 18.4 Å². The molecule has 2 aromatic carbocycles. The second-order valence-electron chi connectivity index (χ2n) is 4.69. The molecule has 0 radical (unpaired) electrons. The van der Waals surface area contributed by atoms with Gasteiger partial charge in [-0.3, -0.25) is 4.79 Å². The minimum absolute atomic E-state index is 0.143. The smallest absolute Gasteiger partial charge is 0.343 e. The van der Waals surface area contributed by atoms with Gasteiger partial charge in [0.25, 0.3) is 0 Å². The second-order valence-corrected chi connectivity index (χ2v) is 4.69. The Morgan fingerprint density at radius 1 is 1.14 bits per heavy atom. The summed E-state index contributed by atoms with van der Waals surface area (Å²) in [6.07, 6.45) is 0. The van der Waals surface area contributed by atoms with Gasteiger partial charge in [-0.05, 0) is 35.4 Å². The molecule has 0 saturated carbocycles. The van der Waals surface area contributed by atoms with E-state index in [0.29, 0.717) is 5.75 Å². The third-order valence-corrected chi connectivity index (χ3v) is 3.29. The van der Waals surface area contributed by atoms with Gasteiger partial charge in [0.05, 0.1) is 13.0 Å². The van der Waals surface area contributed by atoms with E-state index in [2.05, 4.69) is 4.74 Å². The van der Waals surface area contributed by atoms with E-state index in [1.165, 1.54) is 7.11 Å². The number of benzene rings is 2. The van der Waals surface area contributed by atoms with Crippen molar-refractivity contribution in [3.8, 4) is 5.75 Å². The molecule has 0 aliphatic carbocycles. The van der Waals surface area contributed by atoms with Crippen molar-refractivity contribution in [3.05, 3.63) is 42.0 Å². The first-order valence-corrected chi connectivity index (χ1v) is 6.47. The number of carbonyl (C=O) groups is 2. The van der Waals surface area contributed by atoms with Gasteiger partial charge in [0.2, 0.25) is 0 Å². The van der Waals surface area contributed by atoms with Gasteiger partial charge in [-0.25, -0.2) is 4.79 Å². The van der Waals surface area contributed by atoms with Crippen LogP contribution in [-0.4, -0.2) is 30.8 Å². The van der Waals surface area contributed by atoms with Gasteiger partial charge in [0.1, 0.15) is 5.75 Å². The van der Waals surface area contributed by atoms with Crippen LogP contribution in [0.4, 0.5) is 0 Å². The highest BCUT2D eigenvalue weighted by Gasteiger charge is 2.13. The number of aliphatic carboxylic acids is 1. The van der Waals surface area contributed by atoms with Crippen LogP contribution in [0.5, 0.6) is 5.75 Å². The zero-order valence-corrected chi connectivity index (χ0v) is 11.8. The van der Waals surface area contributed by atoms with Gasteiger partial charge >= 0.3 is 11.9 Å². The van der Waals surface area contributed by atoms with Gasteiger partial charge in [-0.15, -0.1) is 0 Å². The number of carboxylic acids is 1. The van der Waals surface area contributed by atoms with E-state index in [-0.39, 0.29) is 6.61 Å². The number of fused-ring (bicyclic) bond motifs is 1. The van der Waals surface area contributed by atoms with Crippen LogP contribution in [0.25, 0.3) is 10.8 Å². The van der Waals surface area contributed by atoms with Gasteiger partial charge in [-0.1, -0.05) is 24.3 Å². The fraction of sp³-hybridized carbons (Fsp3) is 0.250. The molecule has 0 aliphatic heterocycles. The molecule has 5 heteroatoms. The number of methoxy groups -OCH3 is 1. The maximum Gasteiger partial charge on any atom is 0.343 e. The number of hydrogen-bond acceptors (Lipinski definition) is 4. The summed E-state index contributed by atoms with van der Waals surface area (Å²) in [4.78, 5) is 22.0. The average Bonchev–Trinajstić information content (AvgIpc) is 2.50. The van der Waals surface area contributed by atoms with Crippen molar-refractivity contribution < 1.29 is 24.2 Å². The lowest BCUT2D eigenvalue weighted by molar-refractivity contribution is -0.143. The Kier molecular flexibility index (Phi) is 4.42. The van der Waals surface area contributed by atoms with Gasteiger partial charge in [0, 0.05) is 0 Å². The third-order valence-electron chi connectivity index (χ3n) is 3.29. The number of rotatable bonds is 5. The molecule has 1 atom stereocenters. The van der Waals surface area contributed by atoms with Crippen molar-refractivity contribution in [3.63, 3.8) is 0 Å². The van der Waals surface area contributed by atoms with Gasteiger partial charge in [-0.2, -0.15) is 0 Å². The van der Waals surface area contributed by atoms with E-state index in [4.69, 9.17) is 9.84 Å². The van der Waals surface area contributed by atoms with Crippen molar-refractivity contribution in [1.29, 1.82) is 0 Å². The van der Waals surface area contributed by atoms with Crippen molar-refractivity contribution in [2.75, 3.05) is 13.7 Å². The van der Waals surface area contributed by atoms with Crippen molar-refractivity contribution in [2.45, 2.75) is 12.8 Å². The van der Waals surface area contributed by atoms with Crippen LogP contribution < -0.4 is 4.74 Å². The Morgan fingerprint density at radius 2 is 1.81 bits per heavy atom. The molecule has 0 amide bonds. The lowest BCUT2D eigenvalue weighted by Gasteiger charge is -2.09. The van der Waals surface area contributed by atoms with E-state index in [1.54, 1.807) is 25.1 Å². The predicted molar refractivity (Wildman–Crippen MR) is 77.5 cm³/mol. The molecule has 0 spiro atoms. The molecular formula is C16H16O5. The quantitative estimate of drug-likeness (QED) is 0.856. The molecule has 21 heavy (non-hydrogen) atoms. The molecule has 1 N–H and O–H groups in total. The average molecular weight is 288 g/mol. The lowest BCUT2D eigenvalue weighted by atomic mass is 9.98. The van der Waals surface area contributed by atoms with E-state index in [0.717, 1.165) is 16.3 Å². The SMILES string of the molecule is COC(=O)COc1ccc2cc(C(C)C(=O)O)ccc2c1. The molecular weight excluding hydrogens is 272 g/mol. The summed E-state index contributed by atoms with van der Waals surface area (Å²) in [5.74, 6) is -1.29. The summed E-state index contributed by atoms with van der Waals surface area (Å²) in [5.41, 5.74) is 0.748. The maximum absolute atomic E-state index is 11.0. The molecule has 2 aromatic rings. The molecule has 110 valence electrons. The van der Waals surface area contributed by atoms with Crippen LogP contribution in [-0.2, 0) is 14.3 Å². The number of ether oxygens (including phenoxy) is 2. The first-order chi connectivity index (χ1) is 10.0. The molecule has 0 saturated heterocycles. The van der Waals surface area contributed by atoms with Gasteiger partial charge in [0.15, 0.2) is 6.61 Å². The molecule has 2 rings (SSSR count). The van der Waals surface area contributed by atoms with Crippen molar-refractivity contribution in [1.82, 2.24) is 0 Å². The van der Waals surface area contributed by atoms with Crippen LogP contribution >= 0.6 is 0 Å². The topological polar surface area (TPSA) is 72.8 Å². The van der Waals surface area contributed by atoms with E-state index >= 15 is 0 Å². The number of carboxylic acid groups (broad SMARTS) is 1. The van der Waals surface area contributed by atoms with Gasteiger partial charge < -0.3 is 14.6 Å². The Morgan fingerprint density at radius 3 is 2.48 bits per heavy atom. The third kappa shape index (κ3) is 3.51. The fourth-order valence-electron chi connectivity index (χ4n) is 1.95. The van der Waals surface area contributed by atoms with Crippen LogP contribution in [0.3, 0.4) is 0 Å². The highest BCUT2D eigenvalue weighted by atomic mass is 16.6. The second kappa shape index (κ2) is 6.26. The Balaban J connectivity index is 2.23. The highest BCUT2D eigenvalue weighted by molar-refractivity contribution is 5.86. The van der Waals surface area contributed by atoms with Crippen LogP contribution in [0.2, 0.25) is 0 Å². The molecule has 0 bridgehead atoms. The molecule has 0 heterocycles. The zero-order valence-electron chi connectivity index (χ0n) is 11.8. The van der Waals surface area contributed by atoms with Crippen LogP contribution in [0.15, 0.2) is 36.4 Å². The molecule has 0 fully saturated rings. The standard InChI is InChI=1S/C16H16O5/c1-10(16(18)19)11-3-4-13-8-14(6-5-12(13)7-11)21-9-15(17)20-2/h3-8,10H,9H2,1-2H3,(H,18,19). The first-order valence-electron chi connectivity index (χ1n) is 6.47. The zero-order chi connectivity index (χ0) is 15.4. The minimum atomic E-state index is -0.854. The Bertz CT molecular complexity index is 677. The number of esters is 1. The highest BCUT2D eigenvalue weighted by Crippen LogP contribution is 2.25. The largest absolute Gasteiger partial charge is 0.482 e. The molecule has 0 aliphatic rings. The summed E-state index contributed by atoms with van der Waals surface area (Å²) >= 11 is 0. The van der Waals surface area contributed by atoms with Crippen molar-refractivity contribution in [2.24, 2.45) is 0 Å². The summed E-state index contributed by atoms with van der Waals surface area (Å²) < 4.78 is 9.82. The Hall–Kier alpha value is -2.56. The summed E-state index contributed by atoms with van der Waals surface area (Å²) in [6.45, 7) is 1.51. The fourth-order valence-corrected chi connectivity index (χ4v) is 1.95. The summed E-state index contributed by atoms with van der Waals surface area (Å²) in [6, 6.07) is 10.8.